The molecule has 1 aliphatic carbocycles. The van der Waals surface area contributed by atoms with E-state index < -0.39 is 0 Å². The first-order valence-corrected chi connectivity index (χ1v) is 6.63. The number of aromatic nitrogens is 1. The van der Waals surface area contributed by atoms with E-state index in [2.05, 4.69) is 4.98 Å². The van der Waals surface area contributed by atoms with Gasteiger partial charge in [-0.1, -0.05) is 6.07 Å². The molecule has 6 heteroatoms. The van der Waals surface area contributed by atoms with Crippen LogP contribution in [-0.2, 0) is 0 Å². The van der Waals surface area contributed by atoms with Crippen LogP contribution < -0.4 is 5.73 Å². The molecule has 4 nitrogen and oxygen atoms in total. The maximum absolute atomic E-state index is 12.4. The number of amides is 1. The lowest BCUT2D eigenvalue weighted by atomic mass is 9.98. The van der Waals surface area contributed by atoms with Gasteiger partial charge in [0.15, 0.2) is 0 Å². The van der Waals surface area contributed by atoms with Gasteiger partial charge in [-0.05, 0) is 43.7 Å². The highest BCUT2D eigenvalue weighted by molar-refractivity contribution is 5.92. The highest BCUT2D eigenvalue weighted by Gasteiger charge is 2.42. The third-order valence-electron chi connectivity index (χ3n) is 4.31. The van der Waals surface area contributed by atoms with E-state index in [1.165, 1.54) is 0 Å². The van der Waals surface area contributed by atoms with Crippen LogP contribution in [0, 0.1) is 18.8 Å². The van der Waals surface area contributed by atoms with Crippen molar-refractivity contribution >= 4 is 30.7 Å². The van der Waals surface area contributed by atoms with E-state index in [0.29, 0.717) is 17.5 Å². The van der Waals surface area contributed by atoms with Gasteiger partial charge in [-0.2, -0.15) is 0 Å². The van der Waals surface area contributed by atoms with E-state index in [1.54, 1.807) is 6.07 Å². The van der Waals surface area contributed by atoms with Crippen molar-refractivity contribution in [1.29, 1.82) is 0 Å². The molecule has 1 amide bonds. The molecule has 3 unspecified atom stereocenters. The van der Waals surface area contributed by atoms with Crippen LogP contribution in [0.25, 0.3) is 0 Å². The molecule has 0 spiro atoms. The normalized spacial score (nSPS) is 27.5. The topological polar surface area (TPSA) is 59.2 Å². The molecular weight excluding hydrogens is 297 g/mol. The number of hydrogen-bond donors (Lipinski definition) is 1. The van der Waals surface area contributed by atoms with Crippen LogP contribution in [0.2, 0.25) is 0 Å². The van der Waals surface area contributed by atoms with Crippen LogP contribution in [0.3, 0.4) is 0 Å². The zero-order valence-corrected chi connectivity index (χ0v) is 13.1. The number of nitrogens with two attached hydrogens (primary N) is 1. The first-order valence-electron chi connectivity index (χ1n) is 6.63. The Kier molecular flexibility index (Phi) is 5.80. The van der Waals surface area contributed by atoms with Gasteiger partial charge in [0.2, 0.25) is 0 Å². The number of carbonyl (C=O) groups is 1. The van der Waals surface area contributed by atoms with E-state index in [4.69, 9.17) is 5.73 Å². The van der Waals surface area contributed by atoms with Crippen molar-refractivity contribution in [2.45, 2.75) is 25.8 Å². The molecule has 20 heavy (non-hydrogen) atoms. The molecule has 1 aliphatic heterocycles. The largest absolute Gasteiger partial charge is 0.337 e. The Morgan fingerprint density at radius 2 is 2.05 bits per heavy atom. The summed E-state index contributed by atoms with van der Waals surface area (Å²) in [6.45, 7) is 3.57. The first kappa shape index (κ1) is 17.2. The summed E-state index contributed by atoms with van der Waals surface area (Å²) in [5, 5.41) is 0. The zero-order valence-electron chi connectivity index (χ0n) is 11.5. The van der Waals surface area contributed by atoms with Crippen molar-refractivity contribution in [2.75, 3.05) is 13.1 Å². The predicted molar refractivity (Wildman–Crippen MR) is 83.6 cm³/mol. The number of fused-ring (bicyclic) bond motifs is 1. The fourth-order valence-corrected chi connectivity index (χ4v) is 3.30. The van der Waals surface area contributed by atoms with Gasteiger partial charge in [-0.25, -0.2) is 4.98 Å². The summed E-state index contributed by atoms with van der Waals surface area (Å²) in [6, 6.07) is 5.87. The molecule has 0 aromatic carbocycles. The number of carbonyl (C=O) groups excluding carboxylic acids is 1. The molecule has 2 fully saturated rings. The number of hydrogen-bond acceptors (Lipinski definition) is 3. The molecule has 1 saturated heterocycles. The minimum Gasteiger partial charge on any atom is -0.337 e. The summed E-state index contributed by atoms with van der Waals surface area (Å²) in [7, 11) is 0. The van der Waals surface area contributed by atoms with Gasteiger partial charge in [0.1, 0.15) is 5.69 Å². The van der Waals surface area contributed by atoms with E-state index in [9.17, 15) is 4.79 Å². The summed E-state index contributed by atoms with van der Waals surface area (Å²) in [4.78, 5) is 18.6. The summed E-state index contributed by atoms with van der Waals surface area (Å²) in [5.41, 5.74) is 7.54. The first-order chi connectivity index (χ1) is 8.65. The Bertz CT molecular complexity index is 483. The Morgan fingerprint density at radius 3 is 2.70 bits per heavy atom. The monoisotopic (exact) mass is 317 g/mol. The number of pyridine rings is 1. The lowest BCUT2D eigenvalue weighted by Crippen LogP contribution is -2.33. The van der Waals surface area contributed by atoms with Crippen LogP contribution in [0.15, 0.2) is 18.2 Å². The molecule has 1 aromatic heterocycles. The second kappa shape index (κ2) is 6.74. The summed E-state index contributed by atoms with van der Waals surface area (Å²) >= 11 is 0. The van der Waals surface area contributed by atoms with Gasteiger partial charge in [0.25, 0.3) is 5.91 Å². The predicted octanol–water partition coefficient (Wildman–Crippen LogP) is 2.04. The lowest BCUT2D eigenvalue weighted by Gasteiger charge is -2.18. The van der Waals surface area contributed by atoms with E-state index in [0.717, 1.165) is 31.6 Å². The fraction of sp³-hybridized carbons (Fsp3) is 0.571. The number of aryl methyl sites for hydroxylation is 1. The number of rotatable bonds is 1. The summed E-state index contributed by atoms with van der Waals surface area (Å²) in [6.07, 6.45) is 2.27. The average Bonchev–Trinajstić information content (AvgIpc) is 2.91. The van der Waals surface area contributed by atoms with Gasteiger partial charge >= 0.3 is 0 Å². The van der Waals surface area contributed by atoms with Crippen LogP contribution in [0.4, 0.5) is 0 Å². The Hall–Kier alpha value is -0.840. The maximum Gasteiger partial charge on any atom is 0.272 e. The molecule has 0 bridgehead atoms. The van der Waals surface area contributed by atoms with E-state index in [-0.39, 0.29) is 36.8 Å². The minimum atomic E-state index is 0. The number of likely N-dealkylation sites (tertiary alicyclic amines) is 1. The van der Waals surface area contributed by atoms with E-state index in [1.807, 2.05) is 24.0 Å². The molecule has 2 aliphatic rings. The second-order valence-electron chi connectivity index (χ2n) is 5.54. The molecule has 2 N–H and O–H groups in total. The Labute approximate surface area is 131 Å². The smallest absolute Gasteiger partial charge is 0.272 e. The second-order valence-corrected chi connectivity index (χ2v) is 5.54. The van der Waals surface area contributed by atoms with Crippen LogP contribution in [0.5, 0.6) is 0 Å². The molecule has 1 saturated carbocycles. The van der Waals surface area contributed by atoms with Crippen molar-refractivity contribution < 1.29 is 4.79 Å². The molecular formula is C14H21Cl2N3O. The molecule has 3 atom stereocenters. The van der Waals surface area contributed by atoms with Crippen molar-refractivity contribution in [1.82, 2.24) is 9.88 Å². The van der Waals surface area contributed by atoms with Crippen LogP contribution in [-0.4, -0.2) is 34.9 Å². The summed E-state index contributed by atoms with van der Waals surface area (Å²) in [5.74, 6) is 1.16. The molecule has 1 aromatic rings. The third-order valence-corrected chi connectivity index (χ3v) is 4.31. The molecule has 2 heterocycles. The average molecular weight is 318 g/mol. The molecule has 112 valence electrons. The third kappa shape index (κ3) is 3.08. The van der Waals surface area contributed by atoms with Crippen molar-refractivity contribution in [3.63, 3.8) is 0 Å². The van der Waals surface area contributed by atoms with E-state index >= 15 is 0 Å². The lowest BCUT2D eigenvalue weighted by molar-refractivity contribution is 0.0773. The van der Waals surface area contributed by atoms with Gasteiger partial charge in [0.05, 0.1) is 0 Å². The molecule has 3 rings (SSSR count). The highest BCUT2D eigenvalue weighted by atomic mass is 35.5. The van der Waals surface area contributed by atoms with Crippen LogP contribution in [0.1, 0.15) is 29.0 Å². The zero-order chi connectivity index (χ0) is 12.7. The summed E-state index contributed by atoms with van der Waals surface area (Å²) < 4.78 is 0. The van der Waals surface area contributed by atoms with Crippen molar-refractivity contribution in [3.8, 4) is 0 Å². The van der Waals surface area contributed by atoms with Crippen molar-refractivity contribution in [2.24, 2.45) is 17.6 Å². The standard InChI is InChI=1S/C14H19N3O.2ClH/c1-9-3-2-4-13(16-9)14(18)17-7-10-5-6-12(15)11(10)8-17;;/h2-4,10-12H,5-8,15H2,1H3;2*1H. The Balaban J connectivity index is 0.000001000. The van der Waals surface area contributed by atoms with Gasteiger partial charge in [-0.3, -0.25) is 4.79 Å². The maximum atomic E-state index is 12.4. The quantitative estimate of drug-likeness (QED) is 0.862. The van der Waals surface area contributed by atoms with Crippen molar-refractivity contribution in [3.05, 3.63) is 29.6 Å². The van der Waals surface area contributed by atoms with Gasteiger partial charge in [0, 0.05) is 24.8 Å². The Morgan fingerprint density at radius 1 is 1.30 bits per heavy atom. The number of halogens is 2. The van der Waals surface area contributed by atoms with Gasteiger partial charge in [-0.15, -0.1) is 24.8 Å². The molecule has 0 radical (unpaired) electrons. The van der Waals surface area contributed by atoms with Gasteiger partial charge < -0.3 is 10.6 Å². The highest BCUT2D eigenvalue weighted by Crippen LogP contribution is 2.37. The SMILES string of the molecule is Cc1cccc(C(=O)N2CC3CCC(N)C3C2)n1.Cl.Cl. The minimum absolute atomic E-state index is 0. The number of nitrogens with zero attached hydrogens (tertiary/aromatic N) is 2. The van der Waals surface area contributed by atoms with Crippen LogP contribution >= 0.6 is 24.8 Å². The fourth-order valence-electron chi connectivity index (χ4n) is 3.30.